The van der Waals surface area contributed by atoms with Crippen molar-refractivity contribution < 1.29 is 5.11 Å². The molecule has 0 aliphatic heterocycles. The minimum absolute atomic E-state index is 0.502. The molecule has 0 aromatic carbocycles. The fourth-order valence-electron chi connectivity index (χ4n) is 2.00. The summed E-state index contributed by atoms with van der Waals surface area (Å²) in [4.78, 5) is 4.26. The average molecular weight is 389 g/mol. The van der Waals surface area contributed by atoms with Crippen LogP contribution in [-0.2, 0) is 13.0 Å². The van der Waals surface area contributed by atoms with Gasteiger partial charge in [-0.3, -0.25) is 9.67 Å². The van der Waals surface area contributed by atoms with E-state index in [1.807, 2.05) is 30.7 Å². The smallest absolute Gasteiger partial charge is 0.103 e. The van der Waals surface area contributed by atoms with E-state index in [9.17, 15) is 5.11 Å². The predicted octanol–water partition coefficient (Wildman–Crippen LogP) is 3.41. The maximum Gasteiger partial charge on any atom is 0.103 e. The fraction of sp³-hybridized carbons (Fsp3) is 0.385. The van der Waals surface area contributed by atoms with Crippen LogP contribution in [0.2, 0.25) is 0 Å². The van der Waals surface area contributed by atoms with Gasteiger partial charge in [0.2, 0.25) is 0 Å². The number of pyridine rings is 1. The molecule has 0 fully saturated rings. The van der Waals surface area contributed by atoms with E-state index in [0.29, 0.717) is 12.1 Å². The van der Waals surface area contributed by atoms with Crippen LogP contribution in [0.4, 0.5) is 0 Å². The van der Waals surface area contributed by atoms with Crippen molar-refractivity contribution in [2.45, 2.75) is 32.9 Å². The number of halogens is 2. The molecule has 0 radical (unpaired) electrons. The summed E-state index contributed by atoms with van der Waals surface area (Å²) in [6.07, 6.45) is 1.54. The lowest BCUT2D eigenvalue weighted by atomic mass is 10.1. The Kier molecular flexibility index (Phi) is 4.76. The van der Waals surface area contributed by atoms with Gasteiger partial charge in [0.05, 0.1) is 11.4 Å². The van der Waals surface area contributed by atoms with Gasteiger partial charge >= 0.3 is 0 Å². The van der Waals surface area contributed by atoms with Gasteiger partial charge in [-0.25, -0.2) is 0 Å². The summed E-state index contributed by atoms with van der Waals surface area (Å²) in [5, 5.41) is 14.7. The lowest BCUT2D eigenvalue weighted by molar-refractivity contribution is 0.170. The van der Waals surface area contributed by atoms with Crippen LogP contribution in [0.25, 0.3) is 0 Å². The second-order valence-electron chi connectivity index (χ2n) is 4.33. The van der Waals surface area contributed by atoms with Crippen molar-refractivity contribution in [2.75, 3.05) is 0 Å². The first kappa shape index (κ1) is 14.7. The number of aryl methyl sites for hydroxylation is 2. The zero-order chi connectivity index (χ0) is 14.0. The molecule has 1 N–H and O–H groups in total. The number of hydrogen-bond acceptors (Lipinski definition) is 3. The number of rotatable bonds is 4. The second-order valence-corrected chi connectivity index (χ2v) is 6.10. The van der Waals surface area contributed by atoms with Crippen molar-refractivity contribution in [3.05, 3.63) is 44.4 Å². The quantitative estimate of drug-likeness (QED) is 0.873. The molecule has 0 spiro atoms. The molecule has 2 aromatic rings. The third-order valence-electron chi connectivity index (χ3n) is 2.84. The number of nitrogens with zero attached hydrogens (tertiary/aromatic N) is 3. The largest absolute Gasteiger partial charge is 0.386 e. The summed E-state index contributed by atoms with van der Waals surface area (Å²) in [6.45, 7) is 4.79. The van der Waals surface area contributed by atoms with Gasteiger partial charge in [-0.15, -0.1) is 0 Å². The van der Waals surface area contributed by atoms with E-state index in [1.165, 1.54) is 0 Å². The molecule has 0 aliphatic carbocycles. The van der Waals surface area contributed by atoms with Crippen molar-refractivity contribution in [3.63, 3.8) is 0 Å². The summed E-state index contributed by atoms with van der Waals surface area (Å²) < 4.78 is 3.59. The Labute approximate surface area is 129 Å². The average Bonchev–Trinajstić information content (AvgIpc) is 2.69. The normalized spacial score (nSPS) is 12.7. The van der Waals surface area contributed by atoms with Gasteiger partial charge in [-0.2, -0.15) is 5.10 Å². The van der Waals surface area contributed by atoms with Crippen LogP contribution < -0.4 is 0 Å². The Morgan fingerprint density at radius 2 is 2.11 bits per heavy atom. The summed E-state index contributed by atoms with van der Waals surface area (Å²) in [7, 11) is 0. The second kappa shape index (κ2) is 6.15. The molecular formula is C13H15Br2N3O. The van der Waals surface area contributed by atoms with Gasteiger partial charge in [0.15, 0.2) is 0 Å². The molecule has 2 heterocycles. The molecule has 0 bridgehead atoms. The molecule has 6 heteroatoms. The zero-order valence-corrected chi connectivity index (χ0v) is 13.9. The zero-order valence-electron chi connectivity index (χ0n) is 10.8. The van der Waals surface area contributed by atoms with Crippen molar-refractivity contribution in [1.29, 1.82) is 0 Å². The number of hydrogen-bond donors (Lipinski definition) is 1. The predicted molar refractivity (Wildman–Crippen MR) is 80.9 cm³/mol. The third-order valence-corrected chi connectivity index (χ3v) is 3.91. The van der Waals surface area contributed by atoms with E-state index in [1.54, 1.807) is 6.20 Å². The Morgan fingerprint density at radius 1 is 1.37 bits per heavy atom. The third kappa shape index (κ3) is 3.43. The Morgan fingerprint density at radius 3 is 2.74 bits per heavy atom. The summed E-state index contributed by atoms with van der Waals surface area (Å²) in [6, 6.07) is 3.88. The summed E-state index contributed by atoms with van der Waals surface area (Å²) in [5.74, 6) is 0. The number of aliphatic hydroxyl groups excluding tert-OH is 1. The van der Waals surface area contributed by atoms with E-state index in [2.05, 4.69) is 41.9 Å². The molecule has 1 unspecified atom stereocenters. The van der Waals surface area contributed by atoms with Gasteiger partial charge < -0.3 is 5.11 Å². The van der Waals surface area contributed by atoms with E-state index >= 15 is 0 Å². The number of aliphatic hydroxyl groups is 1. The minimum atomic E-state index is -0.649. The van der Waals surface area contributed by atoms with Gasteiger partial charge in [-0.1, -0.05) is 0 Å². The lowest BCUT2D eigenvalue weighted by Gasteiger charge is -2.12. The highest BCUT2D eigenvalue weighted by Crippen LogP contribution is 2.26. The van der Waals surface area contributed by atoms with E-state index in [4.69, 9.17) is 0 Å². The van der Waals surface area contributed by atoms with Crippen LogP contribution >= 0.6 is 31.9 Å². The molecule has 1 atom stereocenters. The van der Waals surface area contributed by atoms with Crippen molar-refractivity contribution in [3.8, 4) is 0 Å². The standard InChI is InChI=1S/C13H15Br2N3O/c1-3-18-10(4-8(2)17-18)6-12(19)13-11(15)5-9(14)7-16-13/h4-5,7,12,19H,3,6H2,1-2H3. The van der Waals surface area contributed by atoms with Gasteiger partial charge in [0, 0.05) is 33.8 Å². The summed E-state index contributed by atoms with van der Waals surface area (Å²) >= 11 is 6.78. The molecule has 0 amide bonds. The van der Waals surface area contributed by atoms with E-state index in [0.717, 1.165) is 26.9 Å². The molecule has 2 rings (SSSR count). The molecular weight excluding hydrogens is 374 g/mol. The van der Waals surface area contributed by atoms with Crippen LogP contribution in [0.1, 0.15) is 30.1 Å². The van der Waals surface area contributed by atoms with E-state index in [-0.39, 0.29) is 0 Å². The molecule has 19 heavy (non-hydrogen) atoms. The van der Waals surface area contributed by atoms with Crippen LogP contribution in [0.3, 0.4) is 0 Å². The Bertz CT molecular complexity index is 583. The lowest BCUT2D eigenvalue weighted by Crippen LogP contribution is -2.10. The van der Waals surface area contributed by atoms with Crippen LogP contribution in [0.5, 0.6) is 0 Å². The Hall–Kier alpha value is -0.720. The van der Waals surface area contributed by atoms with Crippen LogP contribution in [-0.4, -0.2) is 19.9 Å². The van der Waals surface area contributed by atoms with Crippen molar-refractivity contribution in [1.82, 2.24) is 14.8 Å². The van der Waals surface area contributed by atoms with Crippen molar-refractivity contribution >= 4 is 31.9 Å². The SMILES string of the molecule is CCn1nc(C)cc1CC(O)c1ncc(Br)cc1Br. The maximum absolute atomic E-state index is 10.3. The van der Waals surface area contributed by atoms with Gasteiger partial charge in [0.25, 0.3) is 0 Å². The van der Waals surface area contributed by atoms with Crippen molar-refractivity contribution in [2.24, 2.45) is 0 Å². The molecule has 0 saturated carbocycles. The van der Waals surface area contributed by atoms with Gasteiger partial charge in [-0.05, 0) is 57.8 Å². The molecule has 4 nitrogen and oxygen atoms in total. The fourth-order valence-corrected chi connectivity index (χ4v) is 3.25. The molecule has 2 aromatic heterocycles. The highest BCUT2D eigenvalue weighted by molar-refractivity contribution is 9.11. The highest BCUT2D eigenvalue weighted by atomic mass is 79.9. The van der Waals surface area contributed by atoms with Gasteiger partial charge in [0.1, 0.15) is 6.10 Å². The molecule has 0 aliphatic rings. The molecule has 0 saturated heterocycles. The number of aromatic nitrogens is 3. The first-order chi connectivity index (χ1) is 9.01. The first-order valence-corrected chi connectivity index (χ1v) is 7.62. The first-order valence-electron chi connectivity index (χ1n) is 6.03. The Balaban J connectivity index is 2.22. The maximum atomic E-state index is 10.3. The highest BCUT2D eigenvalue weighted by Gasteiger charge is 2.16. The summed E-state index contributed by atoms with van der Waals surface area (Å²) in [5.41, 5.74) is 2.63. The monoisotopic (exact) mass is 387 g/mol. The molecule has 102 valence electrons. The van der Waals surface area contributed by atoms with Crippen LogP contribution in [0.15, 0.2) is 27.3 Å². The van der Waals surface area contributed by atoms with E-state index < -0.39 is 6.10 Å². The minimum Gasteiger partial charge on any atom is -0.386 e. The van der Waals surface area contributed by atoms with Crippen LogP contribution in [0, 0.1) is 6.92 Å². The topological polar surface area (TPSA) is 50.9 Å².